The van der Waals surface area contributed by atoms with Gasteiger partial charge in [0.05, 0.1) is 0 Å². The molecule has 0 aliphatic carbocycles. The Morgan fingerprint density at radius 1 is 1.15 bits per heavy atom. The highest BCUT2D eigenvalue weighted by molar-refractivity contribution is 5.87. The van der Waals surface area contributed by atoms with Gasteiger partial charge in [0.1, 0.15) is 6.04 Å². The Balaban J connectivity index is 1.91. The van der Waals surface area contributed by atoms with Gasteiger partial charge in [-0.25, -0.2) is 4.79 Å². The number of hydrogen-bond acceptors (Lipinski definition) is 3. The molecule has 3 amide bonds. The van der Waals surface area contributed by atoms with Crippen molar-refractivity contribution in [3.8, 4) is 0 Å². The van der Waals surface area contributed by atoms with Crippen molar-refractivity contribution in [3.63, 3.8) is 0 Å². The first kappa shape index (κ1) is 20.2. The predicted octanol–water partition coefficient (Wildman–Crippen LogP) is 2.03. The average molecular weight is 361 g/mol. The van der Waals surface area contributed by atoms with Crippen LogP contribution in [-0.2, 0) is 11.3 Å². The summed E-state index contributed by atoms with van der Waals surface area (Å²) in [5.41, 5.74) is 2.23. The molecule has 1 aliphatic rings. The SMILES string of the molecule is Cc1ccc(CNC(=O)NC(CC(C)C)C(=O)N2CCCNCC2)cc1. The van der Waals surface area contributed by atoms with Gasteiger partial charge < -0.3 is 20.9 Å². The predicted molar refractivity (Wildman–Crippen MR) is 104 cm³/mol. The van der Waals surface area contributed by atoms with Crippen LogP contribution in [0.4, 0.5) is 4.79 Å². The Hall–Kier alpha value is -2.08. The summed E-state index contributed by atoms with van der Waals surface area (Å²) in [6.07, 6.45) is 1.58. The van der Waals surface area contributed by atoms with Crippen molar-refractivity contribution in [2.75, 3.05) is 26.2 Å². The van der Waals surface area contributed by atoms with Gasteiger partial charge in [0, 0.05) is 26.2 Å². The highest BCUT2D eigenvalue weighted by Gasteiger charge is 2.27. The topological polar surface area (TPSA) is 73.5 Å². The van der Waals surface area contributed by atoms with Crippen molar-refractivity contribution in [2.45, 2.75) is 46.2 Å². The number of nitrogens with zero attached hydrogens (tertiary/aromatic N) is 1. The molecule has 1 unspecified atom stereocenters. The highest BCUT2D eigenvalue weighted by Crippen LogP contribution is 2.10. The molecule has 144 valence electrons. The van der Waals surface area contributed by atoms with E-state index in [0.717, 1.165) is 31.6 Å². The molecule has 6 nitrogen and oxygen atoms in total. The maximum Gasteiger partial charge on any atom is 0.315 e. The molecule has 2 rings (SSSR count). The molecule has 0 bridgehead atoms. The Morgan fingerprint density at radius 2 is 1.88 bits per heavy atom. The molecule has 1 fully saturated rings. The second-order valence-corrected chi connectivity index (χ2v) is 7.42. The monoisotopic (exact) mass is 360 g/mol. The van der Waals surface area contributed by atoms with Gasteiger partial charge in [0.2, 0.25) is 5.91 Å². The second-order valence-electron chi connectivity index (χ2n) is 7.42. The molecule has 1 atom stereocenters. The second kappa shape index (κ2) is 10.2. The summed E-state index contributed by atoms with van der Waals surface area (Å²) in [4.78, 5) is 27.1. The molecular formula is C20H32N4O2. The van der Waals surface area contributed by atoms with Crippen LogP contribution in [0.2, 0.25) is 0 Å². The Morgan fingerprint density at radius 3 is 2.58 bits per heavy atom. The highest BCUT2D eigenvalue weighted by atomic mass is 16.2. The van der Waals surface area contributed by atoms with Gasteiger partial charge in [-0.3, -0.25) is 4.79 Å². The number of nitrogens with one attached hydrogen (secondary N) is 3. The van der Waals surface area contributed by atoms with Gasteiger partial charge in [-0.15, -0.1) is 0 Å². The van der Waals surface area contributed by atoms with Crippen molar-refractivity contribution < 1.29 is 9.59 Å². The number of aryl methyl sites for hydroxylation is 1. The number of hydrogen-bond donors (Lipinski definition) is 3. The van der Waals surface area contributed by atoms with E-state index in [1.165, 1.54) is 5.56 Å². The first-order valence-corrected chi connectivity index (χ1v) is 9.55. The molecule has 26 heavy (non-hydrogen) atoms. The van der Waals surface area contributed by atoms with E-state index in [4.69, 9.17) is 0 Å². The number of rotatable bonds is 6. The summed E-state index contributed by atoms with van der Waals surface area (Å²) in [6.45, 7) is 9.79. The van der Waals surface area contributed by atoms with Gasteiger partial charge in [-0.05, 0) is 37.8 Å². The zero-order chi connectivity index (χ0) is 18.9. The summed E-state index contributed by atoms with van der Waals surface area (Å²) in [5.74, 6) is 0.347. The lowest BCUT2D eigenvalue weighted by atomic mass is 10.0. The summed E-state index contributed by atoms with van der Waals surface area (Å²) >= 11 is 0. The molecule has 1 aliphatic heterocycles. The molecule has 1 aromatic rings. The minimum atomic E-state index is -0.480. The third kappa shape index (κ3) is 6.67. The lowest BCUT2D eigenvalue weighted by Gasteiger charge is -2.27. The molecule has 1 heterocycles. The molecular weight excluding hydrogens is 328 g/mol. The molecule has 6 heteroatoms. The van der Waals surface area contributed by atoms with Crippen molar-refractivity contribution in [1.29, 1.82) is 0 Å². The van der Waals surface area contributed by atoms with Crippen LogP contribution in [-0.4, -0.2) is 49.1 Å². The molecule has 0 aromatic heterocycles. The maximum atomic E-state index is 12.9. The maximum absolute atomic E-state index is 12.9. The first-order chi connectivity index (χ1) is 12.5. The fraction of sp³-hybridized carbons (Fsp3) is 0.600. The quantitative estimate of drug-likeness (QED) is 0.727. The zero-order valence-electron chi connectivity index (χ0n) is 16.2. The third-order valence-electron chi connectivity index (χ3n) is 4.54. The first-order valence-electron chi connectivity index (χ1n) is 9.55. The van der Waals surface area contributed by atoms with Crippen LogP contribution in [0, 0.1) is 12.8 Å². The van der Waals surface area contributed by atoms with Crippen molar-refractivity contribution in [3.05, 3.63) is 35.4 Å². The molecule has 0 radical (unpaired) electrons. The van der Waals surface area contributed by atoms with Gasteiger partial charge >= 0.3 is 6.03 Å². The van der Waals surface area contributed by atoms with Gasteiger partial charge in [0.25, 0.3) is 0 Å². The molecule has 0 saturated carbocycles. The number of benzene rings is 1. The van der Waals surface area contributed by atoms with Crippen LogP contribution < -0.4 is 16.0 Å². The van der Waals surface area contributed by atoms with E-state index in [9.17, 15) is 9.59 Å². The molecule has 0 spiro atoms. The lowest BCUT2D eigenvalue weighted by molar-refractivity contribution is -0.133. The van der Waals surface area contributed by atoms with Crippen molar-refractivity contribution >= 4 is 11.9 Å². The Labute approximate surface area is 156 Å². The van der Waals surface area contributed by atoms with Gasteiger partial charge in [0.15, 0.2) is 0 Å². The largest absolute Gasteiger partial charge is 0.340 e. The van der Waals surface area contributed by atoms with Crippen LogP contribution in [0.15, 0.2) is 24.3 Å². The van der Waals surface area contributed by atoms with Crippen LogP contribution in [0.1, 0.15) is 37.8 Å². The summed E-state index contributed by atoms with van der Waals surface area (Å²) < 4.78 is 0. The fourth-order valence-corrected chi connectivity index (χ4v) is 3.08. The zero-order valence-corrected chi connectivity index (χ0v) is 16.2. The summed E-state index contributed by atoms with van der Waals surface area (Å²) in [5, 5.41) is 9.05. The number of carbonyl (C=O) groups excluding carboxylic acids is 2. The number of carbonyl (C=O) groups is 2. The summed E-state index contributed by atoms with van der Waals surface area (Å²) in [7, 11) is 0. The average Bonchev–Trinajstić information content (AvgIpc) is 2.89. The normalized spacial score (nSPS) is 16.1. The van der Waals surface area contributed by atoms with E-state index >= 15 is 0 Å². The Kier molecular flexibility index (Phi) is 7.91. The van der Waals surface area contributed by atoms with Crippen LogP contribution in [0.25, 0.3) is 0 Å². The summed E-state index contributed by atoms with van der Waals surface area (Å²) in [6, 6.07) is 7.26. The van der Waals surface area contributed by atoms with E-state index in [0.29, 0.717) is 25.4 Å². The van der Waals surface area contributed by atoms with E-state index in [1.54, 1.807) is 0 Å². The molecule has 3 N–H and O–H groups in total. The van der Waals surface area contributed by atoms with Crippen LogP contribution in [0.5, 0.6) is 0 Å². The lowest BCUT2D eigenvalue weighted by Crippen LogP contribution is -2.52. The fourth-order valence-electron chi connectivity index (χ4n) is 3.08. The van der Waals surface area contributed by atoms with Crippen molar-refractivity contribution in [2.24, 2.45) is 5.92 Å². The minimum absolute atomic E-state index is 0.0212. The molecule has 1 aromatic carbocycles. The Bertz CT molecular complexity index is 578. The molecule has 1 saturated heterocycles. The van der Waals surface area contributed by atoms with E-state index in [-0.39, 0.29) is 11.9 Å². The van der Waals surface area contributed by atoms with Crippen LogP contribution in [0.3, 0.4) is 0 Å². The standard InChI is InChI=1S/C20H32N4O2/c1-15(2)13-18(19(25)24-11-4-9-21-10-12-24)23-20(26)22-14-17-7-5-16(3)6-8-17/h5-8,15,18,21H,4,9-14H2,1-3H3,(H2,22,23,26). The minimum Gasteiger partial charge on any atom is -0.340 e. The van der Waals surface area contributed by atoms with Gasteiger partial charge in [-0.1, -0.05) is 43.7 Å². The third-order valence-corrected chi connectivity index (χ3v) is 4.54. The number of amides is 3. The number of urea groups is 1. The van der Waals surface area contributed by atoms with E-state index in [1.807, 2.05) is 36.1 Å². The van der Waals surface area contributed by atoms with Crippen LogP contribution >= 0.6 is 0 Å². The van der Waals surface area contributed by atoms with Crippen molar-refractivity contribution in [1.82, 2.24) is 20.9 Å². The van der Waals surface area contributed by atoms with Gasteiger partial charge in [-0.2, -0.15) is 0 Å². The smallest absolute Gasteiger partial charge is 0.315 e. The van der Waals surface area contributed by atoms with E-state index in [2.05, 4.69) is 29.8 Å². The van der Waals surface area contributed by atoms with E-state index < -0.39 is 6.04 Å².